The minimum atomic E-state index is -0.162. The molecule has 1 aromatic carbocycles. The molecule has 1 unspecified atom stereocenters. The Morgan fingerprint density at radius 1 is 1.44 bits per heavy atom. The van der Waals surface area contributed by atoms with Crippen molar-refractivity contribution in [3.8, 4) is 0 Å². The van der Waals surface area contributed by atoms with Crippen LogP contribution in [0.3, 0.4) is 0 Å². The normalized spacial score (nSPS) is 18.6. The van der Waals surface area contributed by atoms with E-state index in [1.54, 1.807) is 0 Å². The van der Waals surface area contributed by atoms with Gasteiger partial charge in [0.2, 0.25) is 0 Å². The van der Waals surface area contributed by atoms with Gasteiger partial charge in [0.05, 0.1) is 19.6 Å². The average Bonchev–Trinajstić information content (AvgIpc) is 2.84. The van der Waals surface area contributed by atoms with Gasteiger partial charge >= 0.3 is 5.97 Å². The molecule has 0 amide bonds. The van der Waals surface area contributed by atoms with Crippen LogP contribution in [0.25, 0.3) is 0 Å². The van der Waals surface area contributed by atoms with Gasteiger partial charge in [0.1, 0.15) is 6.10 Å². The molecule has 0 aliphatic carbocycles. The minimum absolute atomic E-state index is 0.0446. The van der Waals surface area contributed by atoms with Crippen LogP contribution in [-0.4, -0.2) is 31.8 Å². The molecule has 4 heteroatoms. The first-order valence-corrected chi connectivity index (χ1v) is 6.32. The highest BCUT2D eigenvalue weighted by atomic mass is 16.6. The number of anilines is 1. The second kappa shape index (κ2) is 6.40. The number of benzene rings is 1. The van der Waals surface area contributed by atoms with Gasteiger partial charge in [-0.3, -0.25) is 4.79 Å². The summed E-state index contributed by atoms with van der Waals surface area (Å²) >= 11 is 0. The largest absolute Gasteiger partial charge is 0.460 e. The molecule has 0 saturated carbocycles. The van der Waals surface area contributed by atoms with Crippen LogP contribution in [0.15, 0.2) is 24.3 Å². The van der Waals surface area contributed by atoms with Crippen LogP contribution < -0.4 is 5.32 Å². The number of rotatable bonds is 5. The van der Waals surface area contributed by atoms with E-state index in [1.165, 1.54) is 5.56 Å². The van der Waals surface area contributed by atoms with Crippen molar-refractivity contribution in [2.75, 3.05) is 25.1 Å². The monoisotopic (exact) mass is 249 g/mol. The predicted molar refractivity (Wildman–Crippen MR) is 69.6 cm³/mol. The van der Waals surface area contributed by atoms with Gasteiger partial charge in [-0.25, -0.2) is 0 Å². The van der Waals surface area contributed by atoms with Crippen LogP contribution in [0, 0.1) is 6.92 Å². The average molecular weight is 249 g/mol. The van der Waals surface area contributed by atoms with Gasteiger partial charge in [-0.15, -0.1) is 0 Å². The lowest BCUT2D eigenvalue weighted by atomic mass is 10.2. The first-order chi connectivity index (χ1) is 8.74. The third-order valence-electron chi connectivity index (χ3n) is 2.90. The van der Waals surface area contributed by atoms with Crippen LogP contribution in [0.2, 0.25) is 0 Å². The number of hydrogen-bond acceptors (Lipinski definition) is 4. The molecule has 1 saturated heterocycles. The van der Waals surface area contributed by atoms with E-state index in [0.29, 0.717) is 26.2 Å². The standard InChI is InChI=1S/C14H19NO3/c1-11-2-4-12(5-3-11)15-8-6-14(16)18-13-7-9-17-10-13/h2-5,13,15H,6-10H2,1H3. The van der Waals surface area contributed by atoms with E-state index in [0.717, 1.165) is 12.1 Å². The zero-order valence-corrected chi connectivity index (χ0v) is 10.6. The summed E-state index contributed by atoms with van der Waals surface area (Å²) in [7, 11) is 0. The van der Waals surface area contributed by atoms with Crippen molar-refractivity contribution >= 4 is 11.7 Å². The van der Waals surface area contributed by atoms with Crippen LogP contribution in [0.5, 0.6) is 0 Å². The van der Waals surface area contributed by atoms with E-state index in [-0.39, 0.29) is 12.1 Å². The van der Waals surface area contributed by atoms with Crippen molar-refractivity contribution in [2.24, 2.45) is 0 Å². The minimum Gasteiger partial charge on any atom is -0.460 e. The fourth-order valence-electron chi connectivity index (χ4n) is 1.83. The summed E-state index contributed by atoms with van der Waals surface area (Å²) in [5.41, 5.74) is 2.25. The van der Waals surface area contributed by atoms with Crippen molar-refractivity contribution in [1.29, 1.82) is 0 Å². The lowest BCUT2D eigenvalue weighted by Gasteiger charge is -2.10. The number of carbonyl (C=O) groups is 1. The molecular formula is C14H19NO3. The predicted octanol–water partition coefficient (Wildman–Crippen LogP) is 2.13. The Hall–Kier alpha value is -1.55. The van der Waals surface area contributed by atoms with E-state index in [4.69, 9.17) is 9.47 Å². The summed E-state index contributed by atoms with van der Waals surface area (Å²) < 4.78 is 10.4. The smallest absolute Gasteiger partial charge is 0.307 e. The first-order valence-electron chi connectivity index (χ1n) is 6.32. The molecule has 0 aromatic heterocycles. The summed E-state index contributed by atoms with van der Waals surface area (Å²) in [6.45, 7) is 3.87. The Bertz CT molecular complexity index is 383. The quantitative estimate of drug-likeness (QED) is 0.812. The summed E-state index contributed by atoms with van der Waals surface area (Å²) in [5, 5.41) is 3.20. The van der Waals surface area contributed by atoms with E-state index in [2.05, 4.69) is 5.32 Å². The molecule has 0 spiro atoms. The van der Waals surface area contributed by atoms with Crippen LogP contribution in [0.4, 0.5) is 5.69 Å². The molecule has 1 heterocycles. The number of hydrogen-bond donors (Lipinski definition) is 1. The van der Waals surface area contributed by atoms with Crippen molar-refractivity contribution in [3.63, 3.8) is 0 Å². The molecule has 1 aliphatic heterocycles. The zero-order chi connectivity index (χ0) is 12.8. The summed E-state index contributed by atoms with van der Waals surface area (Å²) in [5.74, 6) is -0.162. The Morgan fingerprint density at radius 3 is 2.89 bits per heavy atom. The summed E-state index contributed by atoms with van der Waals surface area (Å²) in [6.07, 6.45) is 1.15. The lowest BCUT2D eigenvalue weighted by molar-refractivity contribution is -0.148. The molecule has 98 valence electrons. The Morgan fingerprint density at radius 2 is 2.22 bits per heavy atom. The van der Waals surface area contributed by atoms with Crippen molar-refractivity contribution in [3.05, 3.63) is 29.8 Å². The van der Waals surface area contributed by atoms with Gasteiger partial charge in [0.25, 0.3) is 0 Å². The fraction of sp³-hybridized carbons (Fsp3) is 0.500. The number of ether oxygens (including phenoxy) is 2. The Labute approximate surface area is 107 Å². The van der Waals surface area contributed by atoms with E-state index < -0.39 is 0 Å². The molecule has 4 nitrogen and oxygen atoms in total. The first kappa shape index (κ1) is 12.9. The maximum atomic E-state index is 11.5. The number of esters is 1. The molecule has 1 aromatic rings. The van der Waals surface area contributed by atoms with Crippen molar-refractivity contribution < 1.29 is 14.3 Å². The summed E-state index contributed by atoms with van der Waals surface area (Å²) in [6, 6.07) is 8.09. The Balaban J connectivity index is 1.65. The zero-order valence-electron chi connectivity index (χ0n) is 10.6. The topological polar surface area (TPSA) is 47.6 Å². The van der Waals surface area contributed by atoms with E-state index in [9.17, 15) is 4.79 Å². The second-order valence-corrected chi connectivity index (χ2v) is 4.52. The maximum Gasteiger partial charge on any atom is 0.307 e. The highest BCUT2D eigenvalue weighted by Gasteiger charge is 2.19. The van der Waals surface area contributed by atoms with Crippen LogP contribution >= 0.6 is 0 Å². The molecule has 0 radical (unpaired) electrons. The molecular weight excluding hydrogens is 230 g/mol. The van der Waals surface area contributed by atoms with Crippen molar-refractivity contribution in [1.82, 2.24) is 0 Å². The summed E-state index contributed by atoms with van der Waals surface area (Å²) in [4.78, 5) is 11.5. The molecule has 18 heavy (non-hydrogen) atoms. The number of aryl methyl sites for hydroxylation is 1. The highest BCUT2D eigenvalue weighted by Crippen LogP contribution is 2.10. The van der Waals surface area contributed by atoms with E-state index in [1.807, 2.05) is 31.2 Å². The number of carbonyl (C=O) groups excluding carboxylic acids is 1. The maximum absolute atomic E-state index is 11.5. The van der Waals surface area contributed by atoms with Gasteiger partial charge in [-0.2, -0.15) is 0 Å². The molecule has 1 atom stereocenters. The molecule has 0 bridgehead atoms. The Kier molecular flexibility index (Phi) is 4.59. The SMILES string of the molecule is Cc1ccc(NCCC(=O)OC2CCOC2)cc1. The van der Waals surface area contributed by atoms with Gasteiger partial charge in [-0.05, 0) is 19.1 Å². The van der Waals surface area contributed by atoms with E-state index >= 15 is 0 Å². The molecule has 1 fully saturated rings. The van der Waals surface area contributed by atoms with Gasteiger partial charge in [-0.1, -0.05) is 17.7 Å². The second-order valence-electron chi connectivity index (χ2n) is 4.52. The third kappa shape index (κ3) is 4.04. The van der Waals surface area contributed by atoms with Gasteiger partial charge < -0.3 is 14.8 Å². The highest BCUT2D eigenvalue weighted by molar-refractivity contribution is 5.70. The molecule has 2 rings (SSSR count). The molecule has 1 N–H and O–H groups in total. The number of nitrogens with one attached hydrogen (secondary N) is 1. The fourth-order valence-corrected chi connectivity index (χ4v) is 1.83. The van der Waals surface area contributed by atoms with Crippen LogP contribution in [-0.2, 0) is 14.3 Å². The van der Waals surface area contributed by atoms with Crippen molar-refractivity contribution in [2.45, 2.75) is 25.9 Å². The lowest BCUT2D eigenvalue weighted by Crippen LogP contribution is -2.20. The van der Waals surface area contributed by atoms with Gasteiger partial charge in [0.15, 0.2) is 0 Å². The molecule has 1 aliphatic rings. The van der Waals surface area contributed by atoms with Gasteiger partial charge in [0, 0.05) is 18.7 Å². The van der Waals surface area contributed by atoms with Crippen LogP contribution in [0.1, 0.15) is 18.4 Å². The third-order valence-corrected chi connectivity index (χ3v) is 2.90.